The average Bonchev–Trinajstić information content (AvgIpc) is 2.63. The largest absolute Gasteiger partial charge is 0.639 e. The van der Waals surface area contributed by atoms with Crippen LogP contribution in [0.2, 0.25) is 0 Å². The molecule has 0 saturated carbocycles. The fraction of sp³-hybridized carbons (Fsp3) is 1.00. The summed E-state index contributed by atoms with van der Waals surface area (Å²) in [5.74, 6) is 7.18. The van der Waals surface area contributed by atoms with Crippen LogP contribution in [0.4, 0.5) is 0 Å². The smallest absolute Gasteiger partial charge is 0.386 e. The van der Waals surface area contributed by atoms with Gasteiger partial charge in [-0.15, -0.1) is 0 Å². The molecule has 0 atom stereocenters. The number of hydrogen-bond acceptors (Lipinski definition) is 6. The minimum atomic E-state index is -0.483. The maximum atomic E-state index is 5.81. The van der Waals surface area contributed by atoms with Gasteiger partial charge in [0, 0.05) is 19.8 Å². The molecule has 0 amide bonds. The van der Waals surface area contributed by atoms with E-state index < -0.39 is 7.32 Å². The van der Waals surface area contributed by atoms with Crippen molar-refractivity contribution in [3.05, 3.63) is 0 Å². The van der Waals surface area contributed by atoms with Crippen molar-refractivity contribution < 1.29 is 14.0 Å². The lowest BCUT2D eigenvalue weighted by molar-refractivity contribution is 0.0940. The van der Waals surface area contributed by atoms with Gasteiger partial charge in [-0.3, -0.25) is 0 Å². The first-order chi connectivity index (χ1) is 12.3. The van der Waals surface area contributed by atoms with E-state index in [9.17, 15) is 0 Å². The van der Waals surface area contributed by atoms with Crippen molar-refractivity contribution in [2.75, 3.05) is 54.3 Å². The van der Waals surface area contributed by atoms with Gasteiger partial charge in [0.1, 0.15) is 0 Å². The summed E-state index contributed by atoms with van der Waals surface area (Å²) in [6, 6.07) is 0. The van der Waals surface area contributed by atoms with Crippen LogP contribution in [0.5, 0.6) is 0 Å². The molecule has 0 heterocycles. The van der Waals surface area contributed by atoms with Gasteiger partial charge in [-0.1, -0.05) is 20.8 Å². The molecule has 0 unspecified atom stereocenters. The highest BCUT2D eigenvalue weighted by Crippen LogP contribution is 2.08. The lowest BCUT2D eigenvalue weighted by Gasteiger charge is -2.14. The van der Waals surface area contributed by atoms with Gasteiger partial charge in [0.05, 0.1) is 0 Å². The Balaban J connectivity index is 3.76. The van der Waals surface area contributed by atoms with E-state index in [1.54, 1.807) is 0 Å². The van der Waals surface area contributed by atoms with Crippen LogP contribution in [0.25, 0.3) is 0 Å². The summed E-state index contributed by atoms with van der Waals surface area (Å²) in [7, 11) is -0.483. The normalized spacial score (nSPS) is 11.2. The van der Waals surface area contributed by atoms with E-state index in [-0.39, 0.29) is 0 Å². The minimum absolute atomic E-state index is 0.483. The maximum Gasteiger partial charge on any atom is 0.639 e. The fourth-order valence-corrected chi connectivity index (χ4v) is 4.35. The molecule has 0 aliphatic heterocycles. The van der Waals surface area contributed by atoms with Gasteiger partial charge in [0.25, 0.3) is 0 Å². The van der Waals surface area contributed by atoms with E-state index in [2.05, 4.69) is 20.8 Å². The van der Waals surface area contributed by atoms with Gasteiger partial charge in [-0.05, 0) is 73.0 Å². The van der Waals surface area contributed by atoms with Crippen LogP contribution in [0.1, 0.15) is 59.3 Å². The topological polar surface area (TPSA) is 27.7 Å². The Morgan fingerprint density at radius 3 is 1.12 bits per heavy atom. The molecule has 0 saturated heterocycles. The highest BCUT2D eigenvalue weighted by Gasteiger charge is 2.20. The van der Waals surface area contributed by atoms with E-state index >= 15 is 0 Å². The molecule has 0 aliphatic rings. The third-order valence-corrected chi connectivity index (χ3v) is 6.93. The molecule has 0 spiro atoms. The van der Waals surface area contributed by atoms with E-state index in [0.717, 1.165) is 56.3 Å². The first-order valence-corrected chi connectivity index (χ1v) is 13.4. The molecule has 25 heavy (non-hydrogen) atoms. The van der Waals surface area contributed by atoms with Gasteiger partial charge in [0.15, 0.2) is 0 Å². The summed E-state index contributed by atoms with van der Waals surface area (Å²) in [6.45, 7) is 8.82. The van der Waals surface area contributed by atoms with E-state index in [4.69, 9.17) is 14.0 Å². The third-order valence-electron chi connectivity index (χ3n) is 3.11. The summed E-state index contributed by atoms with van der Waals surface area (Å²) in [6.07, 6.45) is 6.91. The zero-order valence-corrected chi connectivity index (χ0v) is 19.1. The Bertz CT molecular complexity index is 214. The first-order valence-electron chi connectivity index (χ1n) is 9.93. The summed E-state index contributed by atoms with van der Waals surface area (Å²) in [5, 5.41) is 0. The Hall–Kier alpha value is 0.995. The Morgan fingerprint density at radius 1 is 0.520 bits per heavy atom. The Labute approximate surface area is 170 Å². The van der Waals surface area contributed by atoms with Crippen LogP contribution in [0, 0.1) is 0 Å². The van der Waals surface area contributed by atoms with Crippen molar-refractivity contribution in [3.8, 4) is 0 Å². The van der Waals surface area contributed by atoms with Crippen molar-refractivity contribution in [1.82, 2.24) is 0 Å². The van der Waals surface area contributed by atoms with Crippen LogP contribution in [0.3, 0.4) is 0 Å². The quantitative estimate of drug-likeness (QED) is 0.180. The molecule has 3 nitrogen and oxygen atoms in total. The molecule has 0 bridgehead atoms. The summed E-state index contributed by atoms with van der Waals surface area (Å²) in [5.41, 5.74) is 0. The molecule has 0 fully saturated rings. The van der Waals surface area contributed by atoms with Crippen LogP contribution < -0.4 is 0 Å². The number of rotatable bonds is 21. The van der Waals surface area contributed by atoms with Gasteiger partial charge in [-0.2, -0.15) is 35.3 Å². The van der Waals surface area contributed by atoms with Crippen LogP contribution in [-0.2, 0) is 14.0 Å². The van der Waals surface area contributed by atoms with Crippen LogP contribution >= 0.6 is 35.3 Å². The summed E-state index contributed by atoms with van der Waals surface area (Å²) in [4.78, 5) is 0. The fourth-order valence-electron chi connectivity index (χ4n) is 1.91. The van der Waals surface area contributed by atoms with Gasteiger partial charge < -0.3 is 14.0 Å². The van der Waals surface area contributed by atoms with Crippen LogP contribution in [-0.4, -0.2) is 61.7 Å². The molecule has 0 N–H and O–H groups in total. The predicted molar refractivity (Wildman–Crippen MR) is 120 cm³/mol. The Kier molecular flexibility index (Phi) is 24.0. The molecule has 7 heteroatoms. The minimum Gasteiger partial charge on any atom is -0.386 e. The number of hydrogen-bond donors (Lipinski definition) is 0. The Morgan fingerprint density at radius 2 is 0.840 bits per heavy atom. The van der Waals surface area contributed by atoms with E-state index in [0.29, 0.717) is 0 Å². The second kappa shape index (κ2) is 23.0. The molecule has 0 radical (unpaired) electrons. The van der Waals surface area contributed by atoms with Crippen LogP contribution in [0.15, 0.2) is 0 Å². The lowest BCUT2D eigenvalue weighted by Crippen LogP contribution is -2.29. The standard InChI is InChI=1S/C18H39BO3S3/c1-4-13-23-16-7-10-20-19(21-11-8-17-24-14-5-2)22-12-9-18-25-15-6-3/h4-18H2,1-3H3. The molecular formula is C18H39BO3S3. The second-order valence-corrected chi connectivity index (χ2v) is 9.47. The summed E-state index contributed by atoms with van der Waals surface area (Å²) < 4.78 is 17.4. The summed E-state index contributed by atoms with van der Waals surface area (Å²) >= 11 is 5.99. The lowest BCUT2D eigenvalue weighted by atomic mass is 10.2. The monoisotopic (exact) mass is 410 g/mol. The van der Waals surface area contributed by atoms with Crippen molar-refractivity contribution in [2.24, 2.45) is 0 Å². The highest BCUT2D eigenvalue weighted by molar-refractivity contribution is 7.99. The molecule has 0 aromatic heterocycles. The van der Waals surface area contributed by atoms with Crippen molar-refractivity contribution in [2.45, 2.75) is 59.3 Å². The van der Waals surface area contributed by atoms with Gasteiger partial charge >= 0.3 is 7.32 Å². The molecule has 0 aromatic rings. The zero-order valence-electron chi connectivity index (χ0n) is 16.6. The highest BCUT2D eigenvalue weighted by atomic mass is 32.2. The second-order valence-electron chi connectivity index (χ2n) is 5.80. The number of thioether (sulfide) groups is 3. The van der Waals surface area contributed by atoms with Gasteiger partial charge in [0.2, 0.25) is 0 Å². The molecular weight excluding hydrogens is 371 g/mol. The van der Waals surface area contributed by atoms with Gasteiger partial charge in [-0.25, -0.2) is 0 Å². The zero-order chi connectivity index (χ0) is 18.4. The predicted octanol–water partition coefficient (Wildman–Crippen LogP) is 5.62. The first kappa shape index (κ1) is 26.0. The van der Waals surface area contributed by atoms with Crippen molar-refractivity contribution in [1.29, 1.82) is 0 Å². The average molecular weight is 411 g/mol. The van der Waals surface area contributed by atoms with E-state index in [1.165, 1.54) is 36.5 Å². The molecule has 0 aliphatic carbocycles. The SMILES string of the molecule is CCCSCCCOB(OCCCSCCC)OCCCSCCC. The molecule has 0 aromatic carbocycles. The maximum absolute atomic E-state index is 5.81. The van der Waals surface area contributed by atoms with Crippen molar-refractivity contribution >= 4 is 42.6 Å². The molecule has 150 valence electrons. The van der Waals surface area contributed by atoms with Crippen molar-refractivity contribution in [3.63, 3.8) is 0 Å². The molecule has 0 rings (SSSR count). The third kappa shape index (κ3) is 21.2. The van der Waals surface area contributed by atoms with E-state index in [1.807, 2.05) is 35.3 Å².